The Labute approximate surface area is 200 Å². The summed E-state index contributed by atoms with van der Waals surface area (Å²) in [5.41, 5.74) is 6.61. The molecule has 0 bridgehead atoms. The Kier molecular flexibility index (Phi) is 5.53. The van der Waals surface area contributed by atoms with E-state index in [1.54, 1.807) is 0 Å². The van der Waals surface area contributed by atoms with Crippen molar-refractivity contribution in [3.63, 3.8) is 0 Å². The average molecular weight is 460 g/mol. The highest BCUT2D eigenvalue weighted by Crippen LogP contribution is 2.44. The third kappa shape index (κ3) is 3.71. The molecule has 2 amide bonds. The summed E-state index contributed by atoms with van der Waals surface area (Å²) < 4.78 is 2.37. The second kappa shape index (κ2) is 8.68. The number of fused-ring (bicyclic) bond motifs is 5. The first-order valence-corrected chi connectivity index (χ1v) is 13.5. The van der Waals surface area contributed by atoms with E-state index in [4.69, 9.17) is 0 Å². The third-order valence-electron chi connectivity index (χ3n) is 7.83. The van der Waals surface area contributed by atoms with Gasteiger partial charge in [-0.25, -0.2) is 4.79 Å². The van der Waals surface area contributed by atoms with Gasteiger partial charge >= 0.3 is 6.03 Å². The minimum Gasteiger partial charge on any atom is -0.335 e. The first-order chi connectivity index (χ1) is 16.2. The Morgan fingerprint density at radius 3 is 2.61 bits per heavy atom. The molecule has 4 nitrogen and oxygen atoms in total. The van der Waals surface area contributed by atoms with Crippen LogP contribution >= 0.6 is 11.3 Å². The predicted octanol–water partition coefficient (Wildman–Crippen LogP) is 6.54. The maximum absolute atomic E-state index is 13.9. The Balaban J connectivity index is 1.47. The topological polar surface area (TPSA) is 37.3 Å². The SMILES string of the molecule is CCc1ccc([C@H]2c3cccn3-c3sc4c(c3CN2C(=O)NC2CCCC2)CCCC4)cc1. The van der Waals surface area contributed by atoms with Crippen LogP contribution < -0.4 is 5.32 Å². The quantitative estimate of drug-likeness (QED) is 0.474. The van der Waals surface area contributed by atoms with Crippen LogP contribution in [0.4, 0.5) is 4.79 Å². The van der Waals surface area contributed by atoms with E-state index in [1.807, 2.05) is 11.3 Å². The van der Waals surface area contributed by atoms with Gasteiger partial charge in [-0.1, -0.05) is 44.0 Å². The maximum atomic E-state index is 13.9. The van der Waals surface area contributed by atoms with Gasteiger partial charge in [0.25, 0.3) is 0 Å². The van der Waals surface area contributed by atoms with Crippen LogP contribution in [0.15, 0.2) is 42.6 Å². The zero-order valence-corrected chi connectivity index (χ0v) is 20.3. The first kappa shape index (κ1) is 21.0. The molecule has 0 unspecified atom stereocenters. The fourth-order valence-electron chi connectivity index (χ4n) is 6.00. The van der Waals surface area contributed by atoms with E-state index in [0.717, 1.165) is 25.7 Å². The van der Waals surface area contributed by atoms with Gasteiger partial charge in [0.05, 0.1) is 18.3 Å². The van der Waals surface area contributed by atoms with Crippen molar-refractivity contribution in [2.24, 2.45) is 0 Å². The van der Waals surface area contributed by atoms with Crippen LogP contribution in [-0.2, 0) is 25.8 Å². The zero-order valence-electron chi connectivity index (χ0n) is 19.5. The number of hydrogen-bond acceptors (Lipinski definition) is 2. The van der Waals surface area contributed by atoms with Gasteiger partial charge in [-0.05, 0) is 73.8 Å². The highest BCUT2D eigenvalue weighted by molar-refractivity contribution is 7.15. The van der Waals surface area contributed by atoms with Crippen LogP contribution in [0.2, 0.25) is 0 Å². The summed E-state index contributed by atoms with van der Waals surface area (Å²) in [4.78, 5) is 17.5. The summed E-state index contributed by atoms with van der Waals surface area (Å²) >= 11 is 1.95. The van der Waals surface area contributed by atoms with Crippen molar-refractivity contribution < 1.29 is 4.79 Å². The molecule has 2 aliphatic carbocycles. The van der Waals surface area contributed by atoms with Crippen LogP contribution in [-0.4, -0.2) is 21.5 Å². The van der Waals surface area contributed by atoms with Gasteiger partial charge in [0.2, 0.25) is 0 Å². The molecule has 33 heavy (non-hydrogen) atoms. The van der Waals surface area contributed by atoms with Gasteiger partial charge in [0.15, 0.2) is 0 Å². The number of aromatic nitrogens is 1. The molecule has 1 fully saturated rings. The number of amides is 2. The van der Waals surface area contributed by atoms with Gasteiger partial charge in [-0.3, -0.25) is 0 Å². The third-order valence-corrected chi connectivity index (χ3v) is 9.16. The molecule has 0 spiro atoms. The number of rotatable bonds is 3. The van der Waals surface area contributed by atoms with Crippen molar-refractivity contribution >= 4 is 17.4 Å². The Hall–Kier alpha value is -2.53. The molecule has 1 N–H and O–H groups in total. The summed E-state index contributed by atoms with van der Waals surface area (Å²) in [7, 11) is 0. The van der Waals surface area contributed by atoms with E-state index >= 15 is 0 Å². The van der Waals surface area contributed by atoms with Crippen molar-refractivity contribution in [2.45, 2.75) is 83.3 Å². The molecule has 172 valence electrons. The summed E-state index contributed by atoms with van der Waals surface area (Å²) in [6.07, 6.45) is 12.7. The van der Waals surface area contributed by atoms with Crippen LogP contribution in [0.1, 0.15) is 84.3 Å². The lowest BCUT2D eigenvalue weighted by Gasteiger charge is -2.32. The van der Waals surface area contributed by atoms with E-state index < -0.39 is 0 Å². The van der Waals surface area contributed by atoms with Crippen molar-refractivity contribution in [2.75, 3.05) is 0 Å². The van der Waals surface area contributed by atoms with Gasteiger partial charge < -0.3 is 14.8 Å². The maximum Gasteiger partial charge on any atom is 0.318 e. The van der Waals surface area contributed by atoms with Crippen molar-refractivity contribution in [1.82, 2.24) is 14.8 Å². The monoisotopic (exact) mass is 459 g/mol. The summed E-state index contributed by atoms with van der Waals surface area (Å²) in [6.45, 7) is 2.87. The number of urea groups is 1. The van der Waals surface area contributed by atoms with E-state index in [9.17, 15) is 4.79 Å². The van der Waals surface area contributed by atoms with Crippen LogP contribution in [0.3, 0.4) is 0 Å². The Morgan fingerprint density at radius 2 is 1.82 bits per heavy atom. The molecule has 1 aromatic carbocycles. The van der Waals surface area contributed by atoms with Gasteiger partial charge in [-0.2, -0.15) is 0 Å². The minimum absolute atomic E-state index is 0.0860. The number of carbonyl (C=O) groups excluding carboxylic acids is 1. The summed E-state index contributed by atoms with van der Waals surface area (Å²) in [5.74, 6) is 0. The number of benzene rings is 1. The van der Waals surface area contributed by atoms with Gasteiger partial charge in [0, 0.05) is 22.7 Å². The fraction of sp³-hybridized carbons (Fsp3) is 0.464. The number of aryl methyl sites for hydroxylation is 2. The van der Waals surface area contributed by atoms with Gasteiger partial charge in [-0.15, -0.1) is 11.3 Å². The highest BCUT2D eigenvalue weighted by atomic mass is 32.1. The average Bonchev–Trinajstić information content (AvgIpc) is 3.58. The van der Waals surface area contributed by atoms with Crippen LogP contribution in [0, 0.1) is 0 Å². The van der Waals surface area contributed by atoms with E-state index in [-0.39, 0.29) is 12.1 Å². The second-order valence-corrected chi connectivity index (χ2v) is 10.9. The number of hydrogen-bond donors (Lipinski definition) is 1. The molecular weight excluding hydrogens is 426 g/mol. The Bertz CT molecular complexity index is 1150. The largest absolute Gasteiger partial charge is 0.335 e. The van der Waals surface area contributed by atoms with Crippen LogP contribution in [0.5, 0.6) is 0 Å². The molecule has 1 atom stereocenters. The van der Waals surface area contributed by atoms with E-state index in [1.165, 1.54) is 69.9 Å². The minimum atomic E-state index is -0.0915. The molecule has 1 aliphatic heterocycles. The zero-order chi connectivity index (χ0) is 22.4. The number of carbonyl (C=O) groups is 1. The molecule has 3 heterocycles. The lowest BCUT2D eigenvalue weighted by molar-refractivity contribution is 0.176. The molecular formula is C28H33N3OS. The molecule has 0 radical (unpaired) electrons. The molecule has 5 heteroatoms. The normalized spacial score (nSPS) is 20.2. The molecule has 6 rings (SSSR count). The number of thiophene rings is 1. The number of nitrogens with one attached hydrogen (secondary N) is 1. The smallest absolute Gasteiger partial charge is 0.318 e. The second-order valence-electron chi connectivity index (χ2n) is 9.85. The molecule has 0 saturated heterocycles. The van der Waals surface area contributed by atoms with Crippen molar-refractivity contribution in [1.29, 1.82) is 0 Å². The summed E-state index contributed by atoms with van der Waals surface area (Å²) in [6, 6.07) is 13.6. The van der Waals surface area contributed by atoms with E-state index in [0.29, 0.717) is 12.6 Å². The fourth-order valence-corrected chi connectivity index (χ4v) is 7.40. The molecule has 3 aliphatic rings. The molecule has 2 aromatic heterocycles. The van der Waals surface area contributed by atoms with E-state index in [2.05, 4.69) is 64.3 Å². The summed E-state index contributed by atoms with van der Waals surface area (Å²) in [5, 5.41) is 4.73. The van der Waals surface area contributed by atoms with Crippen molar-refractivity contribution in [3.8, 4) is 5.00 Å². The molecule has 1 saturated carbocycles. The lowest BCUT2D eigenvalue weighted by Crippen LogP contribution is -2.45. The standard InChI is InChI=1S/C28H33N3OS/c1-2-19-13-15-20(16-14-19)26-24-11-7-17-30(24)27-23(22-10-5-6-12-25(22)33-27)18-31(26)28(32)29-21-8-3-4-9-21/h7,11,13-17,21,26H,2-6,8-10,12,18H2,1H3,(H,29,32)/t26-/m0/s1. The van der Waals surface area contributed by atoms with Crippen LogP contribution in [0.25, 0.3) is 5.00 Å². The van der Waals surface area contributed by atoms with Gasteiger partial charge in [0.1, 0.15) is 5.00 Å². The van der Waals surface area contributed by atoms with Crippen molar-refractivity contribution in [3.05, 3.63) is 75.4 Å². The predicted molar refractivity (Wildman–Crippen MR) is 134 cm³/mol. The first-order valence-electron chi connectivity index (χ1n) is 12.7. The lowest BCUT2D eigenvalue weighted by atomic mass is 9.95. The molecule has 3 aromatic rings. The number of nitrogens with zero attached hydrogens (tertiary/aromatic N) is 2. The highest BCUT2D eigenvalue weighted by Gasteiger charge is 2.36. The Morgan fingerprint density at radius 1 is 1.03 bits per heavy atom.